The van der Waals surface area contributed by atoms with Crippen LogP contribution in [0.3, 0.4) is 0 Å². The van der Waals surface area contributed by atoms with Crippen molar-refractivity contribution < 1.29 is 21.6 Å². The Morgan fingerprint density at radius 2 is 1.93 bits per heavy atom. The summed E-state index contributed by atoms with van der Waals surface area (Å²) in [5, 5.41) is -1.47. The van der Waals surface area contributed by atoms with E-state index in [1.807, 2.05) is 0 Å². The Hall–Kier alpha value is 0.0200. The third kappa shape index (κ3) is 3.24. The van der Waals surface area contributed by atoms with Crippen LogP contribution in [0.4, 0.5) is 13.2 Å². The molecule has 0 radical (unpaired) electrons. The lowest BCUT2D eigenvalue weighted by atomic mass is 10.3. The van der Waals surface area contributed by atoms with Crippen molar-refractivity contribution in [3.8, 4) is 0 Å². The fourth-order valence-corrected chi connectivity index (χ4v) is 3.97. The lowest BCUT2D eigenvalue weighted by molar-refractivity contribution is -0.130. The van der Waals surface area contributed by atoms with E-state index in [1.54, 1.807) is 0 Å². The predicted molar refractivity (Wildman–Crippen MR) is 52.9 cm³/mol. The molecule has 0 fully saturated rings. The van der Waals surface area contributed by atoms with Crippen molar-refractivity contribution in [2.24, 2.45) is 0 Å². The third-order valence-electron chi connectivity index (χ3n) is 1.42. The number of hydrogen-bond donors (Lipinski definition) is 0. The molecular formula is C6H3Cl2F3O2S2. The first kappa shape index (κ1) is 13.1. The molecule has 0 saturated carbocycles. The van der Waals surface area contributed by atoms with Gasteiger partial charge in [0.15, 0.2) is 0 Å². The standard InChI is InChI=1S/C6H3Cl2F3O2S2/c7-3-1-4(14-2-3)5(6(9,10)11)15(8,12)13/h1-2,5H. The summed E-state index contributed by atoms with van der Waals surface area (Å²) in [6.07, 6.45) is -4.95. The van der Waals surface area contributed by atoms with E-state index in [4.69, 9.17) is 22.3 Å². The highest BCUT2D eigenvalue weighted by atomic mass is 35.7. The van der Waals surface area contributed by atoms with E-state index in [9.17, 15) is 21.6 Å². The van der Waals surface area contributed by atoms with E-state index in [-0.39, 0.29) is 5.02 Å². The Morgan fingerprint density at radius 3 is 2.20 bits per heavy atom. The van der Waals surface area contributed by atoms with Gasteiger partial charge in [0.05, 0.1) is 5.02 Å². The van der Waals surface area contributed by atoms with Gasteiger partial charge in [-0.3, -0.25) is 0 Å². The summed E-state index contributed by atoms with van der Waals surface area (Å²) in [5.41, 5.74) is 0. The van der Waals surface area contributed by atoms with Gasteiger partial charge in [0.1, 0.15) is 0 Å². The van der Waals surface area contributed by atoms with Gasteiger partial charge >= 0.3 is 6.18 Å². The highest BCUT2D eigenvalue weighted by molar-refractivity contribution is 8.14. The smallest absolute Gasteiger partial charge is 0.211 e. The van der Waals surface area contributed by atoms with Gasteiger partial charge in [-0.25, -0.2) is 8.42 Å². The molecule has 1 aromatic rings. The van der Waals surface area contributed by atoms with Gasteiger partial charge in [0, 0.05) is 20.9 Å². The Bertz CT molecular complexity index is 451. The predicted octanol–water partition coefficient (Wildman–Crippen LogP) is 3.57. The van der Waals surface area contributed by atoms with Crippen LogP contribution in [0, 0.1) is 0 Å². The molecule has 0 spiro atoms. The summed E-state index contributed by atoms with van der Waals surface area (Å²) in [7, 11) is -0.0199. The molecule has 2 nitrogen and oxygen atoms in total. The van der Waals surface area contributed by atoms with Crippen LogP contribution >= 0.6 is 33.6 Å². The maximum atomic E-state index is 12.4. The molecule has 86 valence electrons. The second-order valence-corrected chi connectivity index (χ2v) is 6.66. The largest absolute Gasteiger partial charge is 0.411 e. The third-order valence-corrected chi connectivity index (χ3v) is 4.54. The van der Waals surface area contributed by atoms with Gasteiger partial charge in [-0.1, -0.05) is 11.6 Å². The van der Waals surface area contributed by atoms with E-state index in [0.29, 0.717) is 11.3 Å². The topological polar surface area (TPSA) is 34.1 Å². The summed E-state index contributed by atoms with van der Waals surface area (Å²) in [4.78, 5) is -0.442. The van der Waals surface area contributed by atoms with Crippen LogP contribution in [0.25, 0.3) is 0 Å². The highest BCUT2D eigenvalue weighted by Crippen LogP contribution is 2.43. The van der Waals surface area contributed by atoms with Crippen molar-refractivity contribution in [3.63, 3.8) is 0 Å². The van der Waals surface area contributed by atoms with E-state index >= 15 is 0 Å². The van der Waals surface area contributed by atoms with Crippen molar-refractivity contribution in [1.29, 1.82) is 0 Å². The maximum absolute atomic E-state index is 12.4. The molecule has 0 amide bonds. The molecule has 1 heterocycles. The minimum Gasteiger partial charge on any atom is -0.211 e. The molecule has 1 unspecified atom stereocenters. The molecule has 0 bridgehead atoms. The fourth-order valence-electron chi connectivity index (χ4n) is 0.925. The molecule has 0 aliphatic rings. The second kappa shape index (κ2) is 4.12. The normalized spacial score (nSPS) is 15.3. The van der Waals surface area contributed by atoms with Gasteiger partial charge in [0.25, 0.3) is 0 Å². The fraction of sp³-hybridized carbons (Fsp3) is 0.333. The summed E-state index contributed by atoms with van der Waals surface area (Å²) in [6, 6.07) is 0.935. The zero-order chi connectivity index (χ0) is 11.9. The molecule has 9 heteroatoms. The average Bonchev–Trinajstić information content (AvgIpc) is 2.28. The van der Waals surface area contributed by atoms with Crippen molar-refractivity contribution in [3.05, 3.63) is 21.3 Å². The summed E-state index contributed by atoms with van der Waals surface area (Å²) in [6.45, 7) is 0. The lowest BCUT2D eigenvalue weighted by Gasteiger charge is -2.15. The van der Waals surface area contributed by atoms with Crippen molar-refractivity contribution in [2.45, 2.75) is 11.4 Å². The minimum atomic E-state index is -4.95. The number of thiophene rings is 1. The first-order valence-corrected chi connectivity index (χ1v) is 6.99. The molecule has 1 aromatic heterocycles. The van der Waals surface area contributed by atoms with Crippen LogP contribution in [-0.2, 0) is 9.05 Å². The van der Waals surface area contributed by atoms with Crippen molar-refractivity contribution >= 4 is 42.7 Å². The van der Waals surface area contributed by atoms with Crippen LogP contribution < -0.4 is 0 Å². The summed E-state index contributed by atoms with van der Waals surface area (Å²) >= 11 is 6.01. The first-order chi connectivity index (χ1) is 6.62. The minimum absolute atomic E-state index is 0.0459. The van der Waals surface area contributed by atoms with Crippen LogP contribution in [-0.4, -0.2) is 14.6 Å². The van der Waals surface area contributed by atoms with Gasteiger partial charge in [-0.2, -0.15) is 13.2 Å². The Balaban J connectivity index is 3.26. The summed E-state index contributed by atoms with van der Waals surface area (Å²) < 4.78 is 58.8. The van der Waals surface area contributed by atoms with E-state index in [0.717, 1.165) is 6.07 Å². The zero-order valence-corrected chi connectivity index (χ0v) is 9.90. The number of rotatable bonds is 2. The first-order valence-electron chi connectivity index (χ1n) is 3.36. The second-order valence-electron chi connectivity index (χ2n) is 2.56. The zero-order valence-electron chi connectivity index (χ0n) is 6.75. The summed E-state index contributed by atoms with van der Waals surface area (Å²) in [5.74, 6) is 0. The van der Waals surface area contributed by atoms with Gasteiger partial charge < -0.3 is 0 Å². The monoisotopic (exact) mass is 298 g/mol. The average molecular weight is 299 g/mol. The van der Waals surface area contributed by atoms with E-state index < -0.39 is 25.4 Å². The Kier molecular flexibility index (Phi) is 3.59. The number of hydrogen-bond acceptors (Lipinski definition) is 3. The van der Waals surface area contributed by atoms with Gasteiger partial charge in [-0.15, -0.1) is 11.3 Å². The molecule has 15 heavy (non-hydrogen) atoms. The quantitative estimate of drug-likeness (QED) is 0.782. The highest BCUT2D eigenvalue weighted by Gasteiger charge is 2.50. The molecule has 0 aliphatic heterocycles. The molecule has 0 aromatic carbocycles. The number of halogens is 5. The Labute approximate surface area is 97.0 Å². The van der Waals surface area contributed by atoms with Crippen LogP contribution in [0.5, 0.6) is 0 Å². The maximum Gasteiger partial charge on any atom is 0.411 e. The molecule has 0 N–H and O–H groups in total. The SMILES string of the molecule is O=S(=O)(Cl)C(c1cc(Cl)cs1)C(F)(F)F. The van der Waals surface area contributed by atoms with Crippen LogP contribution in [0.2, 0.25) is 5.02 Å². The van der Waals surface area contributed by atoms with Gasteiger partial charge in [0.2, 0.25) is 14.3 Å². The molecule has 0 aliphatic carbocycles. The lowest BCUT2D eigenvalue weighted by Crippen LogP contribution is -2.24. The molecule has 1 rings (SSSR count). The number of alkyl halides is 3. The van der Waals surface area contributed by atoms with Gasteiger partial charge in [-0.05, 0) is 6.07 Å². The van der Waals surface area contributed by atoms with Crippen LogP contribution in [0.1, 0.15) is 10.1 Å². The Morgan fingerprint density at radius 1 is 1.40 bits per heavy atom. The molecule has 0 saturated heterocycles. The van der Waals surface area contributed by atoms with Crippen molar-refractivity contribution in [1.82, 2.24) is 0 Å². The molecular weight excluding hydrogens is 296 g/mol. The van der Waals surface area contributed by atoms with Crippen molar-refractivity contribution in [2.75, 3.05) is 0 Å². The van der Waals surface area contributed by atoms with E-state index in [1.165, 1.54) is 5.38 Å². The molecule has 1 atom stereocenters. The van der Waals surface area contributed by atoms with Crippen LogP contribution in [0.15, 0.2) is 11.4 Å². The van der Waals surface area contributed by atoms with E-state index in [2.05, 4.69) is 0 Å².